The Morgan fingerprint density at radius 1 is 1.34 bits per heavy atom. The topological polar surface area (TPSA) is 74.8 Å². The molecule has 162 valence electrons. The Labute approximate surface area is 177 Å². The largest absolute Gasteiger partial charge is 0.444 e. The zero-order valence-electron chi connectivity index (χ0n) is 18.2. The second-order valence-electron chi connectivity index (χ2n) is 9.21. The minimum Gasteiger partial charge on any atom is -0.444 e. The Kier molecular flexibility index (Phi) is 6.83. The van der Waals surface area contributed by atoms with Crippen LogP contribution in [0.1, 0.15) is 72.4 Å². The molecule has 0 bridgehead atoms. The van der Waals surface area contributed by atoms with Crippen LogP contribution < -0.4 is 10.2 Å². The summed E-state index contributed by atoms with van der Waals surface area (Å²) < 4.78 is 5.42. The van der Waals surface area contributed by atoms with E-state index >= 15 is 0 Å². The molecule has 2 atom stereocenters. The van der Waals surface area contributed by atoms with Gasteiger partial charge in [0.05, 0.1) is 5.69 Å². The van der Waals surface area contributed by atoms with E-state index in [1.54, 1.807) is 18.3 Å². The van der Waals surface area contributed by atoms with E-state index in [2.05, 4.69) is 15.6 Å². The first kappa shape index (κ1) is 22.0. The number of likely N-dealkylation sites (tertiary alicyclic amines) is 1. The fraction of sp³-hybridized carbons (Fsp3) is 0.762. The summed E-state index contributed by atoms with van der Waals surface area (Å²) in [5.74, 6) is 0.0689. The lowest BCUT2D eigenvalue weighted by Crippen LogP contribution is -2.52. The first-order valence-electron chi connectivity index (χ1n) is 10.6. The fourth-order valence-corrected chi connectivity index (χ4v) is 4.87. The summed E-state index contributed by atoms with van der Waals surface area (Å²) >= 11 is 1.55. The van der Waals surface area contributed by atoms with E-state index in [1.807, 2.05) is 32.6 Å². The minimum absolute atomic E-state index is 0.0107. The molecule has 0 radical (unpaired) electrons. The molecule has 1 aliphatic heterocycles. The van der Waals surface area contributed by atoms with Crippen molar-refractivity contribution in [2.45, 2.75) is 97.0 Å². The Morgan fingerprint density at radius 3 is 2.69 bits per heavy atom. The zero-order valence-corrected chi connectivity index (χ0v) is 19.1. The zero-order chi connectivity index (χ0) is 21.2. The Hall–Kier alpha value is -1.67. The van der Waals surface area contributed by atoms with Gasteiger partial charge in [-0.25, -0.2) is 9.78 Å². The van der Waals surface area contributed by atoms with E-state index in [9.17, 15) is 9.59 Å². The molecule has 0 spiro atoms. The van der Waals surface area contributed by atoms with Crippen molar-refractivity contribution in [2.75, 3.05) is 11.4 Å². The van der Waals surface area contributed by atoms with Crippen LogP contribution in [0.3, 0.4) is 0 Å². The van der Waals surface area contributed by atoms with Gasteiger partial charge in [0.1, 0.15) is 5.60 Å². The molecule has 1 saturated carbocycles. The third kappa shape index (κ3) is 6.15. The maximum atomic E-state index is 12.2. The summed E-state index contributed by atoms with van der Waals surface area (Å²) in [5, 5.41) is 5.88. The van der Waals surface area contributed by atoms with Crippen molar-refractivity contribution in [3.8, 4) is 0 Å². The highest BCUT2D eigenvalue weighted by Gasteiger charge is 2.34. The highest BCUT2D eigenvalue weighted by atomic mass is 32.1. The average Bonchev–Trinajstić information content (AvgIpc) is 3.32. The second kappa shape index (κ2) is 9.00. The number of carbonyl (C=O) groups excluding carboxylic acids is 2. The fourth-order valence-electron chi connectivity index (χ4n) is 3.94. The van der Waals surface area contributed by atoms with Gasteiger partial charge in [-0.3, -0.25) is 14.6 Å². The molecule has 2 fully saturated rings. The van der Waals surface area contributed by atoms with Crippen molar-refractivity contribution in [3.63, 3.8) is 0 Å². The van der Waals surface area contributed by atoms with Crippen molar-refractivity contribution >= 4 is 28.5 Å². The molecule has 1 aliphatic carbocycles. The number of nitrogens with one attached hydrogen (secondary N) is 1. The number of ether oxygens (including phenoxy) is 1. The van der Waals surface area contributed by atoms with Crippen LogP contribution in [0.2, 0.25) is 0 Å². The van der Waals surface area contributed by atoms with Crippen LogP contribution in [0.15, 0.2) is 5.38 Å². The monoisotopic (exact) mass is 422 g/mol. The van der Waals surface area contributed by atoms with Gasteiger partial charge in [0.15, 0.2) is 5.13 Å². The van der Waals surface area contributed by atoms with E-state index in [0.717, 1.165) is 56.0 Å². The number of nitrogens with zero attached hydrogens (tertiary/aromatic N) is 3. The van der Waals surface area contributed by atoms with Gasteiger partial charge in [0, 0.05) is 37.0 Å². The molecule has 3 rings (SSSR count). The highest BCUT2D eigenvalue weighted by Crippen LogP contribution is 2.34. The molecule has 1 aromatic rings. The first-order chi connectivity index (χ1) is 13.6. The summed E-state index contributed by atoms with van der Waals surface area (Å²) in [6.45, 7) is 11.0. The molecule has 29 heavy (non-hydrogen) atoms. The summed E-state index contributed by atoms with van der Waals surface area (Å²) in [6.07, 6.45) is 5.11. The molecule has 2 unspecified atom stereocenters. The van der Waals surface area contributed by atoms with Crippen molar-refractivity contribution in [1.29, 1.82) is 0 Å². The van der Waals surface area contributed by atoms with E-state index in [-0.39, 0.29) is 24.1 Å². The Balaban J connectivity index is 1.63. The Morgan fingerprint density at radius 2 is 2.07 bits per heavy atom. The van der Waals surface area contributed by atoms with Crippen LogP contribution in [0.4, 0.5) is 9.93 Å². The molecule has 0 aromatic carbocycles. The minimum atomic E-state index is -0.503. The number of aromatic nitrogens is 1. The molecule has 8 heteroatoms. The van der Waals surface area contributed by atoms with Crippen molar-refractivity contribution in [2.24, 2.45) is 0 Å². The van der Waals surface area contributed by atoms with Gasteiger partial charge >= 0.3 is 6.09 Å². The number of hydrogen-bond donors (Lipinski definition) is 1. The molecule has 2 heterocycles. The molecule has 1 saturated heterocycles. The number of thiazole rings is 1. The van der Waals surface area contributed by atoms with Gasteiger partial charge in [0.25, 0.3) is 0 Å². The van der Waals surface area contributed by atoms with E-state index in [1.165, 1.54) is 0 Å². The van der Waals surface area contributed by atoms with Crippen LogP contribution in [0.5, 0.6) is 0 Å². The summed E-state index contributed by atoms with van der Waals surface area (Å²) in [7, 11) is 0. The van der Waals surface area contributed by atoms with Crippen molar-refractivity contribution in [3.05, 3.63) is 11.1 Å². The van der Waals surface area contributed by atoms with Crippen molar-refractivity contribution < 1.29 is 14.3 Å². The maximum absolute atomic E-state index is 12.2. The van der Waals surface area contributed by atoms with E-state index in [0.29, 0.717) is 6.04 Å². The number of hydrogen-bond acceptors (Lipinski definition) is 6. The number of alkyl carbamates (subject to hydrolysis) is 1. The number of carbonyl (C=O) groups is 2. The lowest BCUT2D eigenvalue weighted by molar-refractivity contribution is -0.116. The third-order valence-electron chi connectivity index (χ3n) is 5.35. The predicted octanol–water partition coefficient (Wildman–Crippen LogP) is 3.93. The standard InChI is InChI=1S/C21H34N4O3S/c1-14(22-20(27)28-21(3,4)5)18-8-6-7-11-24(18)12-16-13-29-19(23-16)25(15(2)26)17-9-10-17/h13-14,17-18H,6-12H2,1-5H3,(H,22,27). The van der Waals surface area contributed by atoms with Gasteiger partial charge in [-0.05, 0) is 59.9 Å². The highest BCUT2D eigenvalue weighted by molar-refractivity contribution is 7.14. The molecular formula is C21H34N4O3S. The van der Waals surface area contributed by atoms with Gasteiger partial charge in [-0.15, -0.1) is 11.3 Å². The lowest BCUT2D eigenvalue weighted by Gasteiger charge is -2.39. The van der Waals surface area contributed by atoms with Crippen LogP contribution >= 0.6 is 11.3 Å². The molecule has 1 N–H and O–H groups in total. The van der Waals surface area contributed by atoms with Gasteiger partial charge in [0.2, 0.25) is 5.91 Å². The van der Waals surface area contributed by atoms with Crippen LogP contribution in [-0.2, 0) is 16.1 Å². The van der Waals surface area contributed by atoms with Gasteiger partial charge < -0.3 is 10.1 Å². The summed E-state index contributed by atoms with van der Waals surface area (Å²) in [6, 6.07) is 0.560. The number of amides is 2. The molecular weight excluding hydrogens is 388 g/mol. The normalized spacial score (nSPS) is 21.5. The molecule has 2 aliphatic rings. The Bertz CT molecular complexity index is 726. The van der Waals surface area contributed by atoms with Gasteiger partial charge in [-0.2, -0.15) is 0 Å². The second-order valence-corrected chi connectivity index (χ2v) is 10.0. The SMILES string of the molecule is CC(=O)N(c1nc(CN2CCCCC2C(C)NC(=O)OC(C)(C)C)cs1)C1CC1. The predicted molar refractivity (Wildman–Crippen MR) is 115 cm³/mol. The number of rotatable bonds is 6. The van der Waals surface area contributed by atoms with Crippen LogP contribution in [0, 0.1) is 0 Å². The quantitative estimate of drug-likeness (QED) is 0.752. The van der Waals surface area contributed by atoms with Gasteiger partial charge in [-0.1, -0.05) is 6.42 Å². The van der Waals surface area contributed by atoms with Crippen LogP contribution in [-0.4, -0.2) is 52.2 Å². The third-order valence-corrected chi connectivity index (χ3v) is 6.24. The maximum Gasteiger partial charge on any atom is 0.407 e. The first-order valence-corrected chi connectivity index (χ1v) is 11.5. The average molecular weight is 423 g/mol. The number of piperidine rings is 1. The van der Waals surface area contributed by atoms with Crippen molar-refractivity contribution in [1.82, 2.24) is 15.2 Å². The molecule has 2 amide bonds. The summed E-state index contributed by atoms with van der Waals surface area (Å²) in [5.41, 5.74) is 0.491. The smallest absolute Gasteiger partial charge is 0.407 e. The van der Waals surface area contributed by atoms with E-state index < -0.39 is 5.60 Å². The van der Waals surface area contributed by atoms with E-state index in [4.69, 9.17) is 9.72 Å². The number of anilines is 1. The molecule has 1 aromatic heterocycles. The summed E-state index contributed by atoms with van der Waals surface area (Å²) in [4.78, 5) is 33.2. The molecule has 7 nitrogen and oxygen atoms in total. The van der Waals surface area contributed by atoms with Crippen LogP contribution in [0.25, 0.3) is 0 Å². The lowest BCUT2D eigenvalue weighted by atomic mass is 9.96.